The summed E-state index contributed by atoms with van der Waals surface area (Å²) < 4.78 is 22.4. The van der Waals surface area contributed by atoms with E-state index in [1.54, 1.807) is 0 Å². The molecule has 3 N–H and O–H groups in total. The van der Waals surface area contributed by atoms with Gasteiger partial charge in [-0.15, -0.1) is 0 Å². The molecule has 0 fully saturated rings. The monoisotopic (exact) mass is 318 g/mol. The highest BCUT2D eigenvalue weighted by atomic mass is 32.2. The molecule has 0 saturated carbocycles. The lowest BCUT2D eigenvalue weighted by Gasteiger charge is -2.24. The van der Waals surface area contributed by atoms with Crippen molar-refractivity contribution in [3.05, 3.63) is 11.5 Å². The van der Waals surface area contributed by atoms with Crippen LogP contribution in [0.4, 0.5) is 4.79 Å². The van der Waals surface area contributed by atoms with Crippen molar-refractivity contribution in [3.63, 3.8) is 0 Å². The molecule has 0 radical (unpaired) electrons. The van der Waals surface area contributed by atoms with E-state index >= 15 is 0 Å². The summed E-state index contributed by atoms with van der Waals surface area (Å²) >= 11 is 0. The topological polar surface area (TPSA) is 113 Å². The third kappa shape index (κ3) is 7.12. The van der Waals surface area contributed by atoms with Crippen molar-refractivity contribution in [2.45, 2.75) is 39.2 Å². The molecule has 0 spiro atoms. The first-order valence-corrected chi connectivity index (χ1v) is 8.48. The van der Waals surface area contributed by atoms with Crippen LogP contribution >= 0.6 is 0 Å². The Labute approximate surface area is 124 Å². The van der Waals surface area contributed by atoms with Gasteiger partial charge in [-0.2, -0.15) is 0 Å². The molecule has 120 valence electrons. The Morgan fingerprint density at radius 1 is 1.33 bits per heavy atom. The molecule has 0 aliphatic carbocycles. The molecule has 2 amide bonds. The first-order valence-electron chi connectivity index (χ1n) is 6.77. The Balaban J connectivity index is 2.25. The summed E-state index contributed by atoms with van der Waals surface area (Å²) in [6.07, 6.45) is 2.73. The van der Waals surface area contributed by atoms with Crippen molar-refractivity contribution in [1.82, 2.24) is 10.6 Å². The highest BCUT2D eigenvalue weighted by molar-refractivity contribution is 7.94. The standard InChI is InChI=1S/C13H22N2O5S/c1-13(2,5-3-11(16)17)6-7-14-12(18)15-10-4-8-21(19,20)9-10/h4,8,10H,3,5-7,9H2,1-2H3,(H,16,17)(H2,14,15,18). The normalized spacial score (nSPS) is 20.2. The van der Waals surface area contributed by atoms with E-state index in [1.165, 1.54) is 6.08 Å². The van der Waals surface area contributed by atoms with Gasteiger partial charge >= 0.3 is 12.0 Å². The van der Waals surface area contributed by atoms with Crippen LogP contribution in [-0.4, -0.2) is 43.9 Å². The van der Waals surface area contributed by atoms with Crippen molar-refractivity contribution in [1.29, 1.82) is 0 Å². The van der Waals surface area contributed by atoms with Crippen molar-refractivity contribution in [3.8, 4) is 0 Å². The summed E-state index contributed by atoms with van der Waals surface area (Å²) in [5, 5.41) is 15.0. The van der Waals surface area contributed by atoms with Gasteiger partial charge in [0.05, 0.1) is 11.8 Å². The van der Waals surface area contributed by atoms with Crippen molar-refractivity contribution in [2.75, 3.05) is 12.3 Å². The number of rotatable bonds is 7. The van der Waals surface area contributed by atoms with E-state index < -0.39 is 27.9 Å². The number of carboxylic acids is 1. The van der Waals surface area contributed by atoms with Gasteiger partial charge in [-0.05, 0) is 24.3 Å². The number of hydrogen-bond donors (Lipinski definition) is 3. The van der Waals surface area contributed by atoms with Gasteiger partial charge in [0.25, 0.3) is 0 Å². The summed E-state index contributed by atoms with van der Waals surface area (Å²) in [5.41, 5.74) is -0.178. The molecule has 1 heterocycles. The van der Waals surface area contributed by atoms with Gasteiger partial charge < -0.3 is 15.7 Å². The van der Waals surface area contributed by atoms with Crippen molar-refractivity contribution in [2.24, 2.45) is 5.41 Å². The molecule has 0 aromatic carbocycles. The van der Waals surface area contributed by atoms with Crippen molar-refractivity contribution < 1.29 is 23.1 Å². The molecule has 0 aromatic heterocycles. The zero-order chi connectivity index (χ0) is 16.1. The van der Waals surface area contributed by atoms with Crippen LogP contribution in [0.1, 0.15) is 33.1 Å². The zero-order valence-electron chi connectivity index (χ0n) is 12.3. The van der Waals surface area contributed by atoms with Crippen LogP contribution in [0.15, 0.2) is 11.5 Å². The number of nitrogens with one attached hydrogen (secondary N) is 2. The molecule has 1 unspecified atom stereocenters. The average molecular weight is 318 g/mol. The van der Waals surface area contributed by atoms with Gasteiger partial charge in [0.1, 0.15) is 0 Å². The number of hydrogen-bond acceptors (Lipinski definition) is 4. The number of carboxylic acid groups (broad SMARTS) is 1. The molecule has 8 heteroatoms. The summed E-state index contributed by atoms with van der Waals surface area (Å²) in [6, 6.07) is -0.911. The average Bonchev–Trinajstić information content (AvgIpc) is 2.66. The molecule has 1 aliphatic heterocycles. The number of aliphatic carboxylic acids is 1. The first-order chi connectivity index (χ1) is 9.60. The fourth-order valence-electron chi connectivity index (χ4n) is 1.97. The van der Waals surface area contributed by atoms with Crippen LogP contribution in [0.25, 0.3) is 0 Å². The zero-order valence-corrected chi connectivity index (χ0v) is 13.1. The SMILES string of the molecule is CC(C)(CCNC(=O)NC1C=CS(=O)(=O)C1)CCC(=O)O. The minimum atomic E-state index is -3.18. The molecule has 0 aromatic rings. The van der Waals surface area contributed by atoms with Gasteiger partial charge in [0.15, 0.2) is 9.84 Å². The number of sulfone groups is 1. The summed E-state index contributed by atoms with van der Waals surface area (Å²) in [6.45, 7) is 4.30. The third-order valence-corrected chi connectivity index (χ3v) is 4.75. The van der Waals surface area contributed by atoms with Gasteiger partial charge in [-0.3, -0.25) is 4.79 Å². The largest absolute Gasteiger partial charge is 0.481 e. The number of carbonyl (C=O) groups excluding carboxylic acids is 1. The quantitative estimate of drug-likeness (QED) is 0.645. The lowest BCUT2D eigenvalue weighted by atomic mass is 9.84. The minimum absolute atomic E-state index is 0.101. The fraction of sp³-hybridized carbons (Fsp3) is 0.692. The van der Waals surface area contributed by atoms with E-state index in [9.17, 15) is 18.0 Å². The molecule has 1 rings (SSSR count). The van der Waals surface area contributed by atoms with Gasteiger partial charge in [0, 0.05) is 18.4 Å². The van der Waals surface area contributed by atoms with Gasteiger partial charge in [-0.1, -0.05) is 13.8 Å². The number of urea groups is 1. The predicted octanol–water partition coefficient (Wildman–Crippen LogP) is 0.877. The highest BCUT2D eigenvalue weighted by Gasteiger charge is 2.23. The second kappa shape index (κ2) is 6.93. The lowest BCUT2D eigenvalue weighted by molar-refractivity contribution is -0.137. The molecule has 0 saturated heterocycles. The number of amides is 2. The van der Waals surface area contributed by atoms with Crippen LogP contribution in [0.5, 0.6) is 0 Å². The lowest BCUT2D eigenvalue weighted by Crippen LogP contribution is -2.43. The van der Waals surface area contributed by atoms with E-state index in [0.29, 0.717) is 19.4 Å². The second-order valence-electron chi connectivity index (χ2n) is 5.97. The molecular weight excluding hydrogens is 296 g/mol. The Morgan fingerprint density at radius 2 is 2.00 bits per heavy atom. The van der Waals surface area contributed by atoms with Crippen LogP contribution in [0.2, 0.25) is 0 Å². The minimum Gasteiger partial charge on any atom is -0.481 e. The predicted molar refractivity (Wildman–Crippen MR) is 78.5 cm³/mol. The summed E-state index contributed by atoms with van der Waals surface area (Å²) in [5.74, 6) is -0.937. The second-order valence-corrected chi connectivity index (χ2v) is 7.90. The van der Waals surface area contributed by atoms with E-state index in [0.717, 1.165) is 5.41 Å². The molecule has 1 atom stereocenters. The van der Waals surface area contributed by atoms with E-state index in [1.807, 2.05) is 13.8 Å². The molecular formula is C13H22N2O5S. The van der Waals surface area contributed by atoms with Crippen LogP contribution in [-0.2, 0) is 14.6 Å². The third-order valence-electron chi connectivity index (χ3n) is 3.35. The Kier molecular flexibility index (Phi) is 5.77. The molecule has 7 nitrogen and oxygen atoms in total. The highest BCUT2D eigenvalue weighted by Crippen LogP contribution is 2.25. The maximum absolute atomic E-state index is 11.6. The summed E-state index contributed by atoms with van der Waals surface area (Å²) in [7, 11) is -3.18. The maximum atomic E-state index is 11.6. The van der Waals surface area contributed by atoms with Gasteiger partial charge in [-0.25, -0.2) is 13.2 Å². The van der Waals surface area contributed by atoms with E-state index in [-0.39, 0.29) is 17.6 Å². The van der Waals surface area contributed by atoms with Gasteiger partial charge in [0.2, 0.25) is 0 Å². The Hall–Kier alpha value is -1.57. The Morgan fingerprint density at radius 3 is 2.52 bits per heavy atom. The van der Waals surface area contributed by atoms with E-state index in [4.69, 9.17) is 5.11 Å². The molecule has 1 aliphatic rings. The molecule has 0 bridgehead atoms. The fourth-order valence-corrected chi connectivity index (χ4v) is 3.21. The Bertz CT molecular complexity index is 525. The smallest absolute Gasteiger partial charge is 0.315 e. The first kappa shape index (κ1) is 17.5. The number of carbonyl (C=O) groups is 2. The molecule has 21 heavy (non-hydrogen) atoms. The summed E-state index contributed by atoms with van der Waals surface area (Å²) in [4.78, 5) is 22.2. The van der Waals surface area contributed by atoms with Crippen LogP contribution in [0, 0.1) is 5.41 Å². The van der Waals surface area contributed by atoms with Crippen LogP contribution in [0.3, 0.4) is 0 Å². The van der Waals surface area contributed by atoms with Crippen LogP contribution < -0.4 is 10.6 Å². The van der Waals surface area contributed by atoms with Crippen molar-refractivity contribution >= 4 is 21.8 Å². The maximum Gasteiger partial charge on any atom is 0.315 e. The van der Waals surface area contributed by atoms with E-state index in [2.05, 4.69) is 10.6 Å².